The summed E-state index contributed by atoms with van der Waals surface area (Å²) < 4.78 is 43.2. The van der Waals surface area contributed by atoms with Crippen LogP contribution in [0.5, 0.6) is 5.75 Å². The summed E-state index contributed by atoms with van der Waals surface area (Å²) in [5.41, 5.74) is -0.0397. The second-order valence-corrected chi connectivity index (χ2v) is 6.85. The molecule has 0 saturated carbocycles. The summed E-state index contributed by atoms with van der Waals surface area (Å²) in [6, 6.07) is 10.8. The van der Waals surface area contributed by atoms with Crippen molar-refractivity contribution in [2.75, 3.05) is 25.5 Å². The minimum absolute atomic E-state index is 0.0884. The van der Waals surface area contributed by atoms with Crippen LogP contribution in [0.25, 0.3) is 0 Å². The van der Waals surface area contributed by atoms with E-state index in [2.05, 4.69) is 5.32 Å². The average molecular weight is 406 g/mol. The first kappa shape index (κ1) is 20.7. The van der Waals surface area contributed by atoms with E-state index in [1.807, 2.05) is 0 Å². The molecule has 154 valence electrons. The maximum absolute atomic E-state index is 12.9. The van der Waals surface area contributed by atoms with Crippen molar-refractivity contribution in [3.63, 3.8) is 0 Å². The predicted molar refractivity (Wildman–Crippen MR) is 102 cm³/mol. The fraction of sp³-hybridized carbons (Fsp3) is 0.333. The third-order valence-corrected chi connectivity index (χ3v) is 4.92. The third-order valence-electron chi connectivity index (χ3n) is 4.92. The summed E-state index contributed by atoms with van der Waals surface area (Å²) in [5, 5.41) is 2.60. The zero-order chi connectivity index (χ0) is 21.0. The van der Waals surface area contributed by atoms with E-state index in [9.17, 15) is 22.8 Å². The van der Waals surface area contributed by atoms with Gasteiger partial charge in [-0.25, -0.2) is 4.79 Å². The second kappa shape index (κ2) is 8.55. The standard InChI is InChI=1S/C21H21F3N2O3/c1-29-18-7-3-2-6-17(18)19(27)14-5-4-12-26(13-14)20(28)25-16-10-8-15(9-11-16)21(22,23)24/h2-3,6-11,14H,4-5,12-13H2,1H3,(H,25,28)/t14-/m0/s1. The molecule has 5 nitrogen and oxygen atoms in total. The van der Waals surface area contributed by atoms with E-state index in [-0.39, 0.29) is 23.9 Å². The summed E-state index contributed by atoms with van der Waals surface area (Å²) in [6.07, 6.45) is -3.12. The molecule has 1 atom stereocenters. The van der Waals surface area contributed by atoms with Crippen molar-refractivity contribution in [3.8, 4) is 5.75 Å². The van der Waals surface area contributed by atoms with Gasteiger partial charge >= 0.3 is 12.2 Å². The molecule has 2 aromatic rings. The number of carbonyl (C=O) groups excluding carboxylic acids is 2. The topological polar surface area (TPSA) is 58.6 Å². The van der Waals surface area contributed by atoms with E-state index in [1.54, 1.807) is 24.3 Å². The van der Waals surface area contributed by atoms with E-state index < -0.39 is 17.8 Å². The molecule has 2 amide bonds. The number of nitrogens with zero attached hydrogens (tertiary/aromatic N) is 1. The van der Waals surface area contributed by atoms with Gasteiger partial charge in [-0.3, -0.25) is 4.79 Å². The van der Waals surface area contributed by atoms with Crippen molar-refractivity contribution < 1.29 is 27.5 Å². The molecule has 0 unspecified atom stereocenters. The van der Waals surface area contributed by atoms with Gasteiger partial charge in [-0.05, 0) is 49.2 Å². The maximum Gasteiger partial charge on any atom is 0.416 e. The van der Waals surface area contributed by atoms with Crippen LogP contribution in [0, 0.1) is 5.92 Å². The van der Waals surface area contributed by atoms with Crippen molar-refractivity contribution in [2.45, 2.75) is 19.0 Å². The van der Waals surface area contributed by atoms with E-state index in [0.717, 1.165) is 12.1 Å². The second-order valence-electron chi connectivity index (χ2n) is 6.85. The molecule has 1 aliphatic rings. The number of anilines is 1. The Labute approximate surface area is 166 Å². The molecule has 29 heavy (non-hydrogen) atoms. The molecule has 3 rings (SSSR count). The minimum Gasteiger partial charge on any atom is -0.496 e. The molecular formula is C21H21F3N2O3. The Kier molecular flexibility index (Phi) is 6.10. The highest BCUT2D eigenvalue weighted by Gasteiger charge is 2.31. The number of Topliss-reactive ketones (excluding diaryl/α,β-unsaturated/α-hetero) is 1. The van der Waals surface area contributed by atoms with Gasteiger partial charge in [-0.1, -0.05) is 12.1 Å². The van der Waals surface area contributed by atoms with Crippen LogP contribution >= 0.6 is 0 Å². The highest BCUT2D eigenvalue weighted by molar-refractivity contribution is 6.01. The largest absolute Gasteiger partial charge is 0.496 e. The molecule has 0 spiro atoms. The molecule has 8 heteroatoms. The van der Waals surface area contributed by atoms with Crippen molar-refractivity contribution in [2.24, 2.45) is 5.92 Å². The van der Waals surface area contributed by atoms with Gasteiger partial charge in [-0.2, -0.15) is 13.2 Å². The van der Waals surface area contributed by atoms with E-state index in [1.165, 1.54) is 24.1 Å². The zero-order valence-corrected chi connectivity index (χ0v) is 15.8. The van der Waals surface area contributed by atoms with Crippen molar-refractivity contribution in [1.29, 1.82) is 0 Å². The quantitative estimate of drug-likeness (QED) is 0.739. The number of carbonyl (C=O) groups is 2. The summed E-state index contributed by atoms with van der Waals surface area (Å²) in [5.74, 6) is 0.0386. The van der Waals surface area contributed by atoms with Gasteiger partial charge in [0, 0.05) is 24.7 Å². The number of urea groups is 1. The summed E-state index contributed by atoms with van der Waals surface area (Å²) >= 11 is 0. The normalized spacial score (nSPS) is 17.0. The Balaban J connectivity index is 1.65. The van der Waals surface area contributed by atoms with Gasteiger partial charge in [0.1, 0.15) is 5.75 Å². The molecule has 1 saturated heterocycles. The van der Waals surface area contributed by atoms with Crippen LogP contribution in [0.2, 0.25) is 0 Å². The molecule has 0 aromatic heterocycles. The highest BCUT2D eigenvalue weighted by atomic mass is 19.4. The van der Waals surface area contributed by atoms with Gasteiger partial charge in [0.05, 0.1) is 18.2 Å². The van der Waals surface area contributed by atoms with Crippen LogP contribution in [0.15, 0.2) is 48.5 Å². The number of para-hydroxylation sites is 1. The first-order valence-corrected chi connectivity index (χ1v) is 9.20. The van der Waals surface area contributed by atoms with Crippen molar-refractivity contribution >= 4 is 17.5 Å². The number of benzene rings is 2. The van der Waals surface area contributed by atoms with E-state index >= 15 is 0 Å². The third kappa shape index (κ3) is 4.88. The van der Waals surface area contributed by atoms with Crippen molar-refractivity contribution in [3.05, 3.63) is 59.7 Å². The molecule has 0 aliphatic carbocycles. The molecule has 0 radical (unpaired) electrons. The number of amides is 2. The molecular weight excluding hydrogens is 385 g/mol. The number of nitrogens with one attached hydrogen (secondary N) is 1. The number of halogens is 3. The van der Waals surface area contributed by atoms with Crippen LogP contribution in [0.1, 0.15) is 28.8 Å². The van der Waals surface area contributed by atoms with Crippen LogP contribution in [0.4, 0.5) is 23.7 Å². The minimum atomic E-state index is -4.43. The number of methoxy groups -OCH3 is 1. The Morgan fingerprint density at radius 2 is 1.79 bits per heavy atom. The first-order valence-electron chi connectivity index (χ1n) is 9.20. The Morgan fingerprint density at radius 1 is 1.10 bits per heavy atom. The average Bonchev–Trinajstić information content (AvgIpc) is 2.73. The highest BCUT2D eigenvalue weighted by Crippen LogP contribution is 2.30. The number of ether oxygens (including phenoxy) is 1. The molecule has 2 aromatic carbocycles. The number of alkyl halides is 3. The van der Waals surface area contributed by atoms with Crippen molar-refractivity contribution in [1.82, 2.24) is 4.90 Å². The number of ketones is 1. The maximum atomic E-state index is 12.9. The molecule has 1 fully saturated rings. The van der Waals surface area contributed by atoms with Gasteiger partial charge in [0.2, 0.25) is 0 Å². The summed E-state index contributed by atoms with van der Waals surface area (Å²) in [4.78, 5) is 26.9. The lowest BCUT2D eigenvalue weighted by Crippen LogP contribution is -2.44. The predicted octanol–water partition coefficient (Wildman–Crippen LogP) is 4.84. The number of hydrogen-bond donors (Lipinski definition) is 1. The number of hydrogen-bond acceptors (Lipinski definition) is 3. The van der Waals surface area contributed by atoms with Crippen LogP contribution in [-0.2, 0) is 6.18 Å². The number of piperidine rings is 1. The fourth-order valence-electron chi connectivity index (χ4n) is 3.39. The summed E-state index contributed by atoms with van der Waals surface area (Å²) in [6.45, 7) is 0.714. The molecule has 1 heterocycles. The van der Waals surface area contributed by atoms with Crippen LogP contribution in [-0.4, -0.2) is 36.9 Å². The smallest absolute Gasteiger partial charge is 0.416 e. The number of likely N-dealkylation sites (tertiary alicyclic amines) is 1. The SMILES string of the molecule is COc1ccccc1C(=O)[C@H]1CCCN(C(=O)Nc2ccc(C(F)(F)F)cc2)C1. The summed E-state index contributed by atoms with van der Waals surface area (Å²) in [7, 11) is 1.50. The van der Waals surface area contributed by atoms with Gasteiger partial charge in [-0.15, -0.1) is 0 Å². The van der Waals surface area contributed by atoms with Crippen LogP contribution in [0.3, 0.4) is 0 Å². The van der Waals surface area contributed by atoms with Gasteiger partial charge in [0.15, 0.2) is 5.78 Å². The van der Waals surface area contributed by atoms with Gasteiger partial charge in [0.25, 0.3) is 0 Å². The lowest BCUT2D eigenvalue weighted by atomic mass is 9.89. The monoisotopic (exact) mass is 406 g/mol. The fourth-order valence-corrected chi connectivity index (χ4v) is 3.39. The number of rotatable bonds is 4. The molecule has 0 bridgehead atoms. The zero-order valence-electron chi connectivity index (χ0n) is 15.8. The molecule has 1 N–H and O–H groups in total. The van der Waals surface area contributed by atoms with Crippen LogP contribution < -0.4 is 10.1 Å². The lowest BCUT2D eigenvalue weighted by molar-refractivity contribution is -0.137. The Morgan fingerprint density at radius 3 is 2.45 bits per heavy atom. The lowest BCUT2D eigenvalue weighted by Gasteiger charge is -2.32. The molecule has 1 aliphatic heterocycles. The Bertz CT molecular complexity index is 881. The Hall–Kier alpha value is -3.03. The first-order chi connectivity index (χ1) is 13.8. The van der Waals surface area contributed by atoms with E-state index in [0.29, 0.717) is 30.7 Å². The van der Waals surface area contributed by atoms with Gasteiger partial charge < -0.3 is 15.0 Å². The van der Waals surface area contributed by atoms with E-state index in [4.69, 9.17) is 4.74 Å².